The van der Waals surface area contributed by atoms with Crippen LogP contribution in [0.3, 0.4) is 0 Å². The highest BCUT2D eigenvalue weighted by molar-refractivity contribution is 7.80. The van der Waals surface area contributed by atoms with E-state index in [-0.39, 0.29) is 10.8 Å². The first-order valence-corrected chi connectivity index (χ1v) is 10.3. The van der Waals surface area contributed by atoms with Gasteiger partial charge >= 0.3 is 0 Å². The summed E-state index contributed by atoms with van der Waals surface area (Å²) in [4.78, 5) is 16.0. The van der Waals surface area contributed by atoms with Gasteiger partial charge in [0.25, 0.3) is 0 Å². The fourth-order valence-electron chi connectivity index (χ4n) is 2.89. The molecule has 0 aromatic heterocycles. The number of nitrogens with zero attached hydrogens (tertiary/aromatic N) is 3. The molecule has 1 saturated heterocycles. The van der Waals surface area contributed by atoms with Crippen molar-refractivity contribution >= 4 is 28.7 Å². The third-order valence-corrected chi connectivity index (χ3v) is 5.00. The van der Waals surface area contributed by atoms with Gasteiger partial charge in [0.05, 0.1) is 0 Å². The lowest BCUT2D eigenvalue weighted by atomic mass is 10.1. The summed E-state index contributed by atoms with van der Waals surface area (Å²) < 4.78 is 0. The van der Waals surface area contributed by atoms with Crippen molar-refractivity contribution in [3.05, 3.63) is 41.1 Å². The van der Waals surface area contributed by atoms with Gasteiger partial charge in [-0.2, -0.15) is 5.26 Å². The molecule has 29 heavy (non-hydrogen) atoms. The molecular formula is C22H33N5OS. The first-order valence-electron chi connectivity index (χ1n) is 9.93. The number of nitrogens with two attached hydrogens (primary N) is 2. The molecule has 1 aromatic carbocycles. The topological polar surface area (TPSA) is 99.4 Å². The van der Waals surface area contributed by atoms with E-state index >= 15 is 0 Å². The molecule has 158 valence electrons. The summed E-state index contributed by atoms with van der Waals surface area (Å²) in [5.74, 6) is 0.737. The van der Waals surface area contributed by atoms with E-state index in [1.807, 2.05) is 31.2 Å². The molecule has 2 rings (SSSR count). The van der Waals surface area contributed by atoms with E-state index in [1.54, 1.807) is 6.92 Å². The van der Waals surface area contributed by atoms with Crippen molar-refractivity contribution in [2.75, 3.05) is 37.6 Å². The van der Waals surface area contributed by atoms with Crippen LogP contribution in [0.25, 0.3) is 0 Å². The number of ketones is 1. The first kappa shape index (κ1) is 24.6. The highest BCUT2D eigenvalue weighted by atomic mass is 32.1. The van der Waals surface area contributed by atoms with Crippen LogP contribution in [0, 0.1) is 17.2 Å². The van der Waals surface area contributed by atoms with Gasteiger partial charge in [-0.15, -0.1) is 0 Å². The van der Waals surface area contributed by atoms with Crippen LogP contribution in [0.2, 0.25) is 0 Å². The van der Waals surface area contributed by atoms with Gasteiger partial charge in [-0.3, -0.25) is 4.79 Å². The van der Waals surface area contributed by atoms with Crippen LogP contribution in [0.5, 0.6) is 0 Å². The fourth-order valence-corrected chi connectivity index (χ4v) is 3.08. The van der Waals surface area contributed by atoms with Gasteiger partial charge in [0.15, 0.2) is 5.78 Å². The van der Waals surface area contributed by atoms with Crippen molar-refractivity contribution in [1.29, 1.82) is 5.26 Å². The maximum Gasteiger partial charge on any atom is 0.159 e. The Morgan fingerprint density at radius 1 is 1.17 bits per heavy atom. The second-order valence-corrected chi connectivity index (χ2v) is 7.94. The Kier molecular flexibility index (Phi) is 10.4. The highest BCUT2D eigenvalue weighted by Crippen LogP contribution is 2.20. The van der Waals surface area contributed by atoms with Crippen LogP contribution in [0.1, 0.15) is 44.5 Å². The predicted molar refractivity (Wildman–Crippen MR) is 124 cm³/mol. The second kappa shape index (κ2) is 12.2. The van der Waals surface area contributed by atoms with E-state index in [1.165, 1.54) is 0 Å². The zero-order chi connectivity index (χ0) is 22.0. The second-order valence-electron chi connectivity index (χ2n) is 7.50. The molecule has 0 atom stereocenters. The SMILES string of the molecule is CC(=O)c1ccc(N2CCCN(/C(C)=C(/C#N)C(N)=S)CC2)cc1.CC(C)CN. The van der Waals surface area contributed by atoms with Crippen molar-refractivity contribution in [3.63, 3.8) is 0 Å². The van der Waals surface area contributed by atoms with Gasteiger partial charge < -0.3 is 21.3 Å². The minimum absolute atomic E-state index is 0.0751. The minimum atomic E-state index is 0.0751. The van der Waals surface area contributed by atoms with E-state index in [9.17, 15) is 10.1 Å². The van der Waals surface area contributed by atoms with Crippen LogP contribution in [0.4, 0.5) is 5.69 Å². The summed E-state index contributed by atoms with van der Waals surface area (Å²) in [6.45, 7) is 11.9. The molecule has 1 aliphatic rings. The molecule has 0 unspecified atom stereocenters. The molecule has 1 aromatic rings. The third kappa shape index (κ3) is 7.84. The van der Waals surface area contributed by atoms with E-state index in [2.05, 4.69) is 29.7 Å². The number of allylic oxidation sites excluding steroid dienone is 1. The van der Waals surface area contributed by atoms with Gasteiger partial charge in [-0.25, -0.2) is 0 Å². The van der Waals surface area contributed by atoms with Crippen molar-refractivity contribution in [1.82, 2.24) is 4.90 Å². The molecule has 1 aliphatic heterocycles. The molecule has 0 saturated carbocycles. The molecule has 7 heteroatoms. The molecule has 1 fully saturated rings. The van der Waals surface area contributed by atoms with Crippen molar-refractivity contribution in [2.45, 2.75) is 34.1 Å². The normalized spacial score (nSPS) is 14.9. The lowest BCUT2D eigenvalue weighted by molar-refractivity contribution is 0.101. The quantitative estimate of drug-likeness (QED) is 0.330. The average Bonchev–Trinajstić information content (AvgIpc) is 2.95. The van der Waals surface area contributed by atoms with Crippen molar-refractivity contribution in [2.24, 2.45) is 17.4 Å². The maximum atomic E-state index is 11.4. The fraction of sp³-hybridized carbons (Fsp3) is 0.500. The number of Topliss-reactive ketones (excluding diaryl/α,β-unsaturated/α-hetero) is 1. The van der Waals surface area contributed by atoms with E-state index in [0.717, 1.165) is 56.1 Å². The number of hydrogen-bond acceptors (Lipinski definition) is 6. The van der Waals surface area contributed by atoms with E-state index in [4.69, 9.17) is 23.7 Å². The van der Waals surface area contributed by atoms with Crippen molar-refractivity contribution < 1.29 is 4.79 Å². The Morgan fingerprint density at radius 3 is 2.21 bits per heavy atom. The summed E-state index contributed by atoms with van der Waals surface area (Å²) in [6.07, 6.45) is 0.974. The van der Waals surface area contributed by atoms with Gasteiger partial charge in [-0.05, 0) is 57.0 Å². The van der Waals surface area contributed by atoms with Gasteiger partial charge in [0.2, 0.25) is 0 Å². The highest BCUT2D eigenvalue weighted by Gasteiger charge is 2.18. The molecule has 0 amide bonds. The number of benzene rings is 1. The van der Waals surface area contributed by atoms with Gasteiger partial charge in [0.1, 0.15) is 16.6 Å². The smallest absolute Gasteiger partial charge is 0.159 e. The van der Waals surface area contributed by atoms with Crippen LogP contribution < -0.4 is 16.4 Å². The number of rotatable bonds is 5. The lowest BCUT2D eigenvalue weighted by Crippen LogP contribution is -2.31. The summed E-state index contributed by atoms with van der Waals surface area (Å²) in [7, 11) is 0. The van der Waals surface area contributed by atoms with Crippen molar-refractivity contribution in [3.8, 4) is 6.07 Å². The first-order chi connectivity index (χ1) is 13.7. The van der Waals surface area contributed by atoms with Crippen LogP contribution in [0.15, 0.2) is 35.5 Å². The number of thiocarbonyl (C=S) groups is 1. The van der Waals surface area contributed by atoms with Gasteiger partial charge in [0, 0.05) is 43.1 Å². The van der Waals surface area contributed by atoms with Crippen LogP contribution >= 0.6 is 12.2 Å². The number of carbonyl (C=O) groups is 1. The predicted octanol–water partition coefficient (Wildman–Crippen LogP) is 3.09. The Morgan fingerprint density at radius 2 is 1.76 bits per heavy atom. The Labute approximate surface area is 180 Å². The minimum Gasteiger partial charge on any atom is -0.389 e. The Hall–Kier alpha value is -2.43. The molecule has 0 spiro atoms. The number of anilines is 1. The molecular weight excluding hydrogens is 382 g/mol. The average molecular weight is 416 g/mol. The van der Waals surface area contributed by atoms with E-state index < -0.39 is 0 Å². The molecule has 0 bridgehead atoms. The molecule has 0 radical (unpaired) electrons. The van der Waals surface area contributed by atoms with Crippen LogP contribution in [-0.4, -0.2) is 48.4 Å². The third-order valence-electron chi connectivity index (χ3n) is 4.80. The lowest BCUT2D eigenvalue weighted by Gasteiger charge is -2.26. The van der Waals surface area contributed by atoms with E-state index in [0.29, 0.717) is 11.5 Å². The standard InChI is InChI=1S/C18H22N4OS.C4H11N/c1-13(17(12-19)18(20)24)21-8-3-9-22(11-10-21)16-6-4-15(5-7-16)14(2)23;1-4(2)3-5/h4-7H,3,8-11H2,1-2H3,(H2,20,24);4H,3,5H2,1-2H3/b17-13-;. The molecule has 0 aliphatic carbocycles. The summed E-state index contributed by atoms with van der Waals surface area (Å²) in [6, 6.07) is 9.82. The zero-order valence-corrected chi connectivity index (χ0v) is 18.8. The summed E-state index contributed by atoms with van der Waals surface area (Å²) >= 11 is 4.96. The van der Waals surface area contributed by atoms with Crippen LogP contribution in [-0.2, 0) is 0 Å². The largest absolute Gasteiger partial charge is 0.389 e. The Balaban J connectivity index is 0.000000749. The van der Waals surface area contributed by atoms with Gasteiger partial charge in [-0.1, -0.05) is 26.1 Å². The summed E-state index contributed by atoms with van der Waals surface area (Å²) in [5, 5.41) is 9.23. The monoisotopic (exact) mass is 415 g/mol. The zero-order valence-electron chi connectivity index (χ0n) is 17.9. The summed E-state index contributed by atoms with van der Waals surface area (Å²) in [5.41, 5.74) is 13.9. The maximum absolute atomic E-state index is 11.4. The molecule has 6 nitrogen and oxygen atoms in total. The number of nitriles is 1. The molecule has 1 heterocycles. The number of carbonyl (C=O) groups excluding carboxylic acids is 1. The Bertz CT molecular complexity index is 764. The number of hydrogen-bond donors (Lipinski definition) is 2. The molecule has 4 N–H and O–H groups in total.